The lowest BCUT2D eigenvalue weighted by molar-refractivity contribution is 0.0700. The second kappa shape index (κ2) is 8.67. The van der Waals surface area contributed by atoms with Gasteiger partial charge in [-0.05, 0) is 23.3 Å². The second-order valence-electron chi connectivity index (χ2n) is 6.27. The molecule has 1 amide bonds. The Morgan fingerprint density at radius 1 is 1.04 bits per heavy atom. The SMILES string of the molecule is COc1ccc(CN2CCN(C(=O)OCc3ccccc3)CC2)cc1F. The Morgan fingerprint density at radius 2 is 1.77 bits per heavy atom. The molecule has 0 N–H and O–H groups in total. The van der Waals surface area contributed by atoms with E-state index >= 15 is 0 Å². The van der Waals surface area contributed by atoms with Crippen LogP contribution in [0.4, 0.5) is 9.18 Å². The summed E-state index contributed by atoms with van der Waals surface area (Å²) in [7, 11) is 1.45. The maximum atomic E-state index is 13.8. The molecule has 0 spiro atoms. The van der Waals surface area contributed by atoms with Crippen molar-refractivity contribution < 1.29 is 18.7 Å². The third kappa shape index (κ3) is 4.73. The summed E-state index contributed by atoms with van der Waals surface area (Å²) in [6.07, 6.45) is -0.288. The monoisotopic (exact) mass is 358 g/mol. The van der Waals surface area contributed by atoms with Crippen LogP contribution in [0.1, 0.15) is 11.1 Å². The molecular weight excluding hydrogens is 335 g/mol. The highest BCUT2D eigenvalue weighted by atomic mass is 19.1. The van der Waals surface area contributed by atoms with E-state index in [0.29, 0.717) is 19.6 Å². The zero-order chi connectivity index (χ0) is 18.4. The van der Waals surface area contributed by atoms with E-state index in [-0.39, 0.29) is 24.3 Å². The molecule has 0 aromatic heterocycles. The van der Waals surface area contributed by atoms with Crippen LogP contribution in [-0.2, 0) is 17.9 Å². The van der Waals surface area contributed by atoms with Gasteiger partial charge in [-0.2, -0.15) is 0 Å². The maximum absolute atomic E-state index is 13.8. The van der Waals surface area contributed by atoms with Gasteiger partial charge in [0, 0.05) is 32.7 Å². The highest BCUT2D eigenvalue weighted by molar-refractivity contribution is 5.67. The molecule has 3 rings (SSSR count). The molecule has 2 aromatic rings. The molecule has 0 atom stereocenters. The molecule has 0 saturated carbocycles. The summed E-state index contributed by atoms with van der Waals surface area (Å²) in [5, 5.41) is 0. The summed E-state index contributed by atoms with van der Waals surface area (Å²) in [6, 6.07) is 14.6. The fourth-order valence-electron chi connectivity index (χ4n) is 2.97. The average molecular weight is 358 g/mol. The van der Waals surface area contributed by atoms with Crippen LogP contribution in [0, 0.1) is 5.82 Å². The fourth-order valence-corrected chi connectivity index (χ4v) is 2.97. The summed E-state index contributed by atoms with van der Waals surface area (Å²) < 4.78 is 24.1. The smallest absolute Gasteiger partial charge is 0.410 e. The van der Waals surface area contributed by atoms with Crippen molar-refractivity contribution in [3.8, 4) is 5.75 Å². The van der Waals surface area contributed by atoms with Gasteiger partial charge in [0.2, 0.25) is 0 Å². The van der Waals surface area contributed by atoms with E-state index in [1.807, 2.05) is 36.4 Å². The number of nitrogens with zero attached hydrogens (tertiary/aromatic N) is 2. The van der Waals surface area contributed by atoms with Gasteiger partial charge in [-0.3, -0.25) is 4.90 Å². The first-order valence-corrected chi connectivity index (χ1v) is 8.66. The maximum Gasteiger partial charge on any atom is 0.410 e. The van der Waals surface area contributed by atoms with Gasteiger partial charge in [0.05, 0.1) is 7.11 Å². The van der Waals surface area contributed by atoms with Gasteiger partial charge >= 0.3 is 6.09 Å². The van der Waals surface area contributed by atoms with Gasteiger partial charge in [0.1, 0.15) is 6.61 Å². The van der Waals surface area contributed by atoms with Crippen molar-refractivity contribution in [2.45, 2.75) is 13.2 Å². The minimum Gasteiger partial charge on any atom is -0.494 e. The van der Waals surface area contributed by atoms with Crippen LogP contribution >= 0.6 is 0 Å². The highest BCUT2D eigenvalue weighted by Crippen LogP contribution is 2.19. The lowest BCUT2D eigenvalue weighted by Gasteiger charge is -2.34. The third-order valence-corrected chi connectivity index (χ3v) is 4.46. The van der Waals surface area contributed by atoms with Gasteiger partial charge < -0.3 is 14.4 Å². The fraction of sp³-hybridized carbons (Fsp3) is 0.350. The Bertz CT molecular complexity index is 731. The van der Waals surface area contributed by atoms with E-state index in [1.54, 1.807) is 11.0 Å². The number of methoxy groups -OCH3 is 1. The predicted molar refractivity (Wildman–Crippen MR) is 96.4 cm³/mol. The number of amides is 1. The number of carbonyl (C=O) groups excluding carboxylic acids is 1. The van der Waals surface area contributed by atoms with Crippen molar-refractivity contribution in [3.63, 3.8) is 0 Å². The predicted octanol–water partition coefficient (Wildman–Crippen LogP) is 3.29. The standard InChI is InChI=1S/C20H23FN2O3/c1-25-19-8-7-17(13-18(19)21)14-22-9-11-23(12-10-22)20(24)26-15-16-5-3-2-4-6-16/h2-8,13H,9-12,14-15H2,1H3. The topological polar surface area (TPSA) is 42.0 Å². The first kappa shape index (κ1) is 18.2. The number of hydrogen-bond acceptors (Lipinski definition) is 4. The Labute approximate surface area is 152 Å². The molecule has 1 heterocycles. The third-order valence-electron chi connectivity index (χ3n) is 4.46. The van der Waals surface area contributed by atoms with Crippen molar-refractivity contribution in [2.75, 3.05) is 33.3 Å². The van der Waals surface area contributed by atoms with E-state index < -0.39 is 0 Å². The molecule has 26 heavy (non-hydrogen) atoms. The number of benzene rings is 2. The van der Waals surface area contributed by atoms with E-state index in [4.69, 9.17) is 9.47 Å². The summed E-state index contributed by atoms with van der Waals surface area (Å²) in [5.74, 6) is -0.104. The normalized spacial score (nSPS) is 14.9. The molecule has 0 bridgehead atoms. The number of hydrogen-bond donors (Lipinski definition) is 0. The van der Waals surface area contributed by atoms with Gasteiger partial charge in [-0.1, -0.05) is 36.4 Å². The largest absolute Gasteiger partial charge is 0.494 e. The van der Waals surface area contributed by atoms with Crippen LogP contribution < -0.4 is 4.74 Å². The zero-order valence-corrected chi connectivity index (χ0v) is 14.9. The second-order valence-corrected chi connectivity index (χ2v) is 6.27. The molecule has 1 fully saturated rings. The Balaban J connectivity index is 1.45. The van der Waals surface area contributed by atoms with Crippen molar-refractivity contribution in [2.24, 2.45) is 0 Å². The van der Waals surface area contributed by atoms with Crippen LogP contribution in [0.15, 0.2) is 48.5 Å². The number of rotatable bonds is 5. The van der Waals surface area contributed by atoms with E-state index in [1.165, 1.54) is 13.2 Å². The lowest BCUT2D eigenvalue weighted by Crippen LogP contribution is -2.48. The summed E-state index contributed by atoms with van der Waals surface area (Å²) >= 11 is 0. The van der Waals surface area contributed by atoms with E-state index in [2.05, 4.69) is 4.90 Å². The van der Waals surface area contributed by atoms with Crippen molar-refractivity contribution >= 4 is 6.09 Å². The molecule has 2 aromatic carbocycles. The average Bonchev–Trinajstić information content (AvgIpc) is 2.68. The summed E-state index contributed by atoms with van der Waals surface area (Å²) in [4.78, 5) is 16.1. The highest BCUT2D eigenvalue weighted by Gasteiger charge is 2.22. The summed E-state index contributed by atoms with van der Waals surface area (Å²) in [5.41, 5.74) is 1.87. The van der Waals surface area contributed by atoms with Crippen molar-refractivity contribution in [1.29, 1.82) is 0 Å². The molecule has 1 aliphatic heterocycles. The summed E-state index contributed by atoms with van der Waals surface area (Å²) in [6.45, 7) is 3.60. The van der Waals surface area contributed by atoms with E-state index in [9.17, 15) is 9.18 Å². The molecule has 0 radical (unpaired) electrons. The first-order valence-electron chi connectivity index (χ1n) is 8.66. The van der Waals surface area contributed by atoms with Gasteiger partial charge in [0.15, 0.2) is 11.6 Å². The van der Waals surface area contributed by atoms with Crippen molar-refractivity contribution in [1.82, 2.24) is 9.80 Å². The van der Waals surface area contributed by atoms with Crippen LogP contribution in [0.5, 0.6) is 5.75 Å². The molecule has 138 valence electrons. The van der Waals surface area contributed by atoms with Gasteiger partial charge in [0.25, 0.3) is 0 Å². The van der Waals surface area contributed by atoms with Crippen LogP contribution in [0.25, 0.3) is 0 Å². The molecular formula is C20H23FN2O3. The molecule has 6 heteroatoms. The number of halogens is 1. The lowest BCUT2D eigenvalue weighted by atomic mass is 10.2. The molecule has 0 unspecified atom stereocenters. The van der Waals surface area contributed by atoms with E-state index in [0.717, 1.165) is 24.2 Å². The Hall–Kier alpha value is -2.60. The molecule has 1 aliphatic rings. The molecule has 5 nitrogen and oxygen atoms in total. The minimum absolute atomic E-state index is 0.250. The zero-order valence-electron chi connectivity index (χ0n) is 14.9. The van der Waals surface area contributed by atoms with Crippen molar-refractivity contribution in [3.05, 3.63) is 65.5 Å². The van der Waals surface area contributed by atoms with Crippen LogP contribution in [-0.4, -0.2) is 49.2 Å². The number of ether oxygens (including phenoxy) is 2. The number of carbonyl (C=O) groups is 1. The quantitative estimate of drug-likeness (QED) is 0.823. The Kier molecular flexibility index (Phi) is 6.07. The molecule has 1 saturated heterocycles. The minimum atomic E-state index is -0.354. The molecule has 0 aliphatic carbocycles. The van der Waals surface area contributed by atoms with Crippen LogP contribution in [0.3, 0.4) is 0 Å². The number of piperazine rings is 1. The first-order chi connectivity index (χ1) is 12.7. The van der Waals surface area contributed by atoms with Crippen LogP contribution in [0.2, 0.25) is 0 Å². The van der Waals surface area contributed by atoms with Gasteiger partial charge in [-0.25, -0.2) is 9.18 Å². The van der Waals surface area contributed by atoms with Gasteiger partial charge in [-0.15, -0.1) is 0 Å². The Morgan fingerprint density at radius 3 is 2.42 bits per heavy atom.